The second kappa shape index (κ2) is 5.58. The molecule has 1 saturated heterocycles. The first-order valence-electron chi connectivity index (χ1n) is 5.91. The Hall–Kier alpha value is 0.0500. The molecule has 102 valence electrons. The van der Waals surface area contributed by atoms with E-state index in [9.17, 15) is 8.42 Å². The van der Waals surface area contributed by atoms with Gasteiger partial charge in [0.1, 0.15) is 0 Å². The summed E-state index contributed by atoms with van der Waals surface area (Å²) >= 11 is 4.80. The molecule has 0 aliphatic carbocycles. The van der Waals surface area contributed by atoms with Crippen molar-refractivity contribution in [3.8, 4) is 0 Å². The summed E-state index contributed by atoms with van der Waals surface area (Å²) in [5.74, 6) is 0.465. The topological polar surface area (TPSA) is 63.4 Å². The Bertz CT molecular complexity index is 519. The van der Waals surface area contributed by atoms with Crippen molar-refractivity contribution in [1.82, 2.24) is 4.31 Å². The van der Waals surface area contributed by atoms with Gasteiger partial charge in [0.2, 0.25) is 10.0 Å². The summed E-state index contributed by atoms with van der Waals surface area (Å²) in [5, 5.41) is 0. The first kappa shape index (κ1) is 14.5. The minimum Gasteiger partial charge on any atom is -0.330 e. The lowest BCUT2D eigenvalue weighted by Crippen LogP contribution is -2.40. The minimum absolute atomic E-state index is 0.436. The molecular weight excluding hydrogens is 336 g/mol. The highest BCUT2D eigenvalue weighted by Crippen LogP contribution is 2.32. The van der Waals surface area contributed by atoms with E-state index in [1.54, 1.807) is 10.4 Å². The molecule has 0 radical (unpaired) electrons. The molecule has 0 spiro atoms. The Kier molecular flexibility index (Phi) is 4.48. The number of piperidine rings is 1. The van der Waals surface area contributed by atoms with Gasteiger partial charge in [-0.3, -0.25) is 0 Å². The summed E-state index contributed by atoms with van der Waals surface area (Å²) in [5.41, 5.74) is 5.62. The quantitative estimate of drug-likeness (QED) is 0.906. The molecule has 0 amide bonds. The number of hydrogen-bond acceptors (Lipinski definition) is 4. The lowest BCUT2D eigenvalue weighted by Gasteiger charge is -2.30. The van der Waals surface area contributed by atoms with E-state index >= 15 is 0 Å². The van der Waals surface area contributed by atoms with Gasteiger partial charge in [-0.15, -0.1) is 11.3 Å². The normalized spacial score (nSPS) is 19.3. The number of hydrogen-bond donors (Lipinski definition) is 1. The lowest BCUT2D eigenvalue weighted by molar-refractivity contribution is 0.278. The van der Waals surface area contributed by atoms with Crippen LogP contribution >= 0.6 is 27.3 Å². The molecule has 2 rings (SSSR count). The Balaban J connectivity index is 2.20. The van der Waals surface area contributed by atoms with Crippen LogP contribution in [0.25, 0.3) is 0 Å². The number of halogens is 1. The molecule has 2 N–H and O–H groups in total. The van der Waals surface area contributed by atoms with E-state index in [0.717, 1.165) is 21.5 Å². The molecule has 7 heteroatoms. The summed E-state index contributed by atoms with van der Waals surface area (Å²) < 4.78 is 27.4. The molecule has 1 aliphatic rings. The van der Waals surface area contributed by atoms with E-state index in [2.05, 4.69) is 15.9 Å². The highest BCUT2D eigenvalue weighted by molar-refractivity contribution is 9.11. The Morgan fingerprint density at radius 1 is 1.50 bits per heavy atom. The number of rotatable bonds is 3. The van der Waals surface area contributed by atoms with Crippen molar-refractivity contribution in [2.24, 2.45) is 11.7 Å². The zero-order valence-electron chi connectivity index (χ0n) is 10.2. The highest BCUT2D eigenvalue weighted by Gasteiger charge is 2.30. The second-order valence-electron chi connectivity index (χ2n) is 4.55. The fraction of sp³-hybridized carbons (Fsp3) is 0.636. The van der Waals surface area contributed by atoms with Gasteiger partial charge in [0, 0.05) is 18.0 Å². The van der Waals surface area contributed by atoms with Gasteiger partial charge in [0.25, 0.3) is 0 Å². The maximum Gasteiger partial charge on any atom is 0.244 e. The fourth-order valence-corrected chi connectivity index (χ4v) is 6.06. The third-order valence-electron chi connectivity index (χ3n) is 3.37. The van der Waals surface area contributed by atoms with Crippen molar-refractivity contribution < 1.29 is 8.42 Å². The van der Waals surface area contributed by atoms with E-state index in [4.69, 9.17) is 5.73 Å². The van der Waals surface area contributed by atoms with Crippen molar-refractivity contribution >= 4 is 37.3 Å². The molecular formula is C11H17BrN2O2S2. The molecule has 0 aromatic carbocycles. The average molecular weight is 353 g/mol. The van der Waals surface area contributed by atoms with Crippen molar-refractivity contribution in [2.45, 2.75) is 24.7 Å². The summed E-state index contributed by atoms with van der Waals surface area (Å²) in [6.07, 6.45) is 1.72. The Morgan fingerprint density at radius 3 is 2.56 bits per heavy atom. The van der Waals surface area contributed by atoms with Crippen LogP contribution in [0.4, 0.5) is 0 Å². The number of sulfonamides is 1. The van der Waals surface area contributed by atoms with Crippen LogP contribution in [0, 0.1) is 12.8 Å². The summed E-state index contributed by atoms with van der Waals surface area (Å²) in [6.45, 7) is 3.65. The van der Waals surface area contributed by atoms with Gasteiger partial charge in [-0.25, -0.2) is 8.42 Å². The van der Waals surface area contributed by atoms with Gasteiger partial charge in [-0.1, -0.05) is 0 Å². The molecule has 1 aromatic rings. The first-order valence-corrected chi connectivity index (χ1v) is 8.96. The summed E-state index contributed by atoms with van der Waals surface area (Å²) in [7, 11) is -3.33. The van der Waals surface area contributed by atoms with Gasteiger partial charge in [-0.05, 0) is 54.2 Å². The molecule has 1 aromatic heterocycles. The Labute approximate surface area is 120 Å². The molecule has 0 atom stereocenters. The third-order valence-corrected chi connectivity index (χ3v) is 7.07. The van der Waals surface area contributed by atoms with Crippen LogP contribution in [0.2, 0.25) is 0 Å². The van der Waals surface area contributed by atoms with Gasteiger partial charge in [0.15, 0.2) is 0 Å². The standard InChI is InChI=1S/C11H17BrN2O2S2/c1-8-10(6-11(12)17-8)18(15,16)14-4-2-9(7-13)3-5-14/h6,9H,2-5,7,13H2,1H3. The molecule has 1 fully saturated rings. The predicted molar refractivity (Wildman–Crippen MR) is 77.3 cm³/mol. The number of nitrogens with zero attached hydrogens (tertiary/aromatic N) is 1. The Morgan fingerprint density at radius 2 is 2.11 bits per heavy atom. The average Bonchev–Trinajstić information content (AvgIpc) is 2.69. The van der Waals surface area contributed by atoms with Gasteiger partial charge in [0.05, 0.1) is 8.68 Å². The molecule has 2 heterocycles. The molecule has 1 aliphatic heterocycles. The van der Waals surface area contributed by atoms with Crippen LogP contribution in [0.3, 0.4) is 0 Å². The maximum absolute atomic E-state index is 12.5. The van der Waals surface area contributed by atoms with Crippen LogP contribution in [-0.4, -0.2) is 32.4 Å². The first-order chi connectivity index (χ1) is 8.45. The van der Waals surface area contributed by atoms with Crippen molar-refractivity contribution in [3.63, 3.8) is 0 Å². The van der Waals surface area contributed by atoms with Gasteiger partial charge >= 0.3 is 0 Å². The summed E-state index contributed by atoms with van der Waals surface area (Å²) in [6, 6.07) is 1.70. The minimum atomic E-state index is -3.33. The summed E-state index contributed by atoms with van der Waals surface area (Å²) in [4.78, 5) is 1.27. The maximum atomic E-state index is 12.5. The number of thiophene rings is 1. The van der Waals surface area contributed by atoms with Crippen LogP contribution in [-0.2, 0) is 10.0 Å². The molecule has 4 nitrogen and oxygen atoms in total. The zero-order chi connectivity index (χ0) is 13.3. The number of aryl methyl sites for hydroxylation is 1. The SMILES string of the molecule is Cc1sc(Br)cc1S(=O)(=O)N1CCC(CN)CC1. The zero-order valence-corrected chi connectivity index (χ0v) is 13.4. The number of nitrogens with two attached hydrogens (primary N) is 1. The van der Waals surface area contributed by atoms with Crippen LogP contribution in [0.15, 0.2) is 14.7 Å². The van der Waals surface area contributed by atoms with E-state index in [1.165, 1.54) is 11.3 Å². The fourth-order valence-electron chi connectivity index (χ4n) is 2.21. The van der Waals surface area contributed by atoms with E-state index < -0.39 is 10.0 Å². The van der Waals surface area contributed by atoms with Crippen LogP contribution in [0.1, 0.15) is 17.7 Å². The van der Waals surface area contributed by atoms with E-state index in [0.29, 0.717) is 30.4 Å². The molecule has 0 unspecified atom stereocenters. The van der Waals surface area contributed by atoms with Crippen molar-refractivity contribution in [2.75, 3.05) is 19.6 Å². The van der Waals surface area contributed by atoms with Crippen LogP contribution in [0.5, 0.6) is 0 Å². The predicted octanol–water partition coefficient (Wildman–Crippen LogP) is 2.18. The third kappa shape index (κ3) is 2.80. The van der Waals surface area contributed by atoms with Crippen molar-refractivity contribution in [3.05, 3.63) is 14.7 Å². The van der Waals surface area contributed by atoms with E-state index in [1.807, 2.05) is 6.92 Å². The van der Waals surface area contributed by atoms with Gasteiger partial charge < -0.3 is 5.73 Å². The lowest BCUT2D eigenvalue weighted by atomic mass is 9.99. The molecule has 0 bridgehead atoms. The largest absolute Gasteiger partial charge is 0.330 e. The molecule has 18 heavy (non-hydrogen) atoms. The molecule has 0 saturated carbocycles. The van der Waals surface area contributed by atoms with Crippen LogP contribution < -0.4 is 5.73 Å². The second-order valence-corrected chi connectivity index (χ2v) is 9.10. The smallest absolute Gasteiger partial charge is 0.244 e. The van der Waals surface area contributed by atoms with Crippen molar-refractivity contribution in [1.29, 1.82) is 0 Å². The monoisotopic (exact) mass is 352 g/mol. The van der Waals surface area contributed by atoms with Gasteiger partial charge in [-0.2, -0.15) is 4.31 Å². The highest BCUT2D eigenvalue weighted by atomic mass is 79.9. The van der Waals surface area contributed by atoms with E-state index in [-0.39, 0.29) is 0 Å².